The van der Waals surface area contributed by atoms with Gasteiger partial charge in [0.25, 0.3) is 5.91 Å². The van der Waals surface area contributed by atoms with Crippen LogP contribution in [0.1, 0.15) is 73.5 Å². The van der Waals surface area contributed by atoms with Crippen LogP contribution in [0.4, 0.5) is 10.5 Å². The van der Waals surface area contributed by atoms with Crippen molar-refractivity contribution >= 4 is 28.8 Å². The van der Waals surface area contributed by atoms with Gasteiger partial charge in [0.2, 0.25) is 0 Å². The Bertz CT molecular complexity index is 1140. The summed E-state index contributed by atoms with van der Waals surface area (Å²) >= 11 is 0. The molecule has 4 rings (SSSR count). The summed E-state index contributed by atoms with van der Waals surface area (Å²) in [5, 5.41) is 14.7. The van der Waals surface area contributed by atoms with Crippen LogP contribution >= 0.6 is 0 Å². The minimum atomic E-state index is -1.01. The highest BCUT2D eigenvalue weighted by Gasteiger charge is 2.30. The molecule has 1 aliphatic carbocycles. The summed E-state index contributed by atoms with van der Waals surface area (Å²) in [4.78, 5) is 32.9. The van der Waals surface area contributed by atoms with Crippen LogP contribution in [-0.4, -0.2) is 33.1 Å². The normalized spacial score (nSPS) is 20.9. The summed E-state index contributed by atoms with van der Waals surface area (Å²) in [6.45, 7) is 6.23. The zero-order valence-electron chi connectivity index (χ0n) is 18.5. The third-order valence-corrected chi connectivity index (χ3v) is 6.11. The van der Waals surface area contributed by atoms with E-state index in [1.165, 1.54) is 0 Å². The van der Waals surface area contributed by atoms with Gasteiger partial charge in [-0.15, -0.1) is 0 Å². The van der Waals surface area contributed by atoms with Crippen LogP contribution in [-0.2, 0) is 0 Å². The van der Waals surface area contributed by atoms with Gasteiger partial charge in [-0.25, -0.2) is 9.78 Å². The standard InChI is InChI=1S/C24H28N4O4/c1-13(2)18-12-32-21-5-4-19(27-22(18)21)23(29)28-20-11-25-7-6-17(20)15-8-14(3)9-16(10-15)26-24(30)31/h4-7,11-16,26H,8-10H2,1-3H3,(H,28,29)(H,30,31)/t14-,15+,16+/m1/s1. The highest BCUT2D eigenvalue weighted by molar-refractivity contribution is 6.04. The molecule has 1 saturated carbocycles. The number of carboxylic acid groups (broad SMARTS) is 1. The Balaban J connectivity index is 1.58. The van der Waals surface area contributed by atoms with Crippen LogP contribution in [0.2, 0.25) is 0 Å². The quantitative estimate of drug-likeness (QED) is 0.510. The van der Waals surface area contributed by atoms with Gasteiger partial charge in [-0.1, -0.05) is 20.8 Å². The number of hydrogen-bond acceptors (Lipinski definition) is 5. The lowest BCUT2D eigenvalue weighted by atomic mass is 9.76. The second-order valence-electron chi connectivity index (χ2n) is 8.96. The lowest BCUT2D eigenvalue weighted by Gasteiger charge is -2.34. The SMILES string of the molecule is CC(C)c1coc2ccc(C(=O)Nc3cnccc3[C@H]3C[C@@H](C)C[C@H](NC(=O)O)C3)nc12. The summed E-state index contributed by atoms with van der Waals surface area (Å²) in [6, 6.07) is 5.20. The number of carbonyl (C=O) groups excluding carboxylic acids is 1. The van der Waals surface area contributed by atoms with E-state index in [4.69, 9.17) is 9.52 Å². The molecule has 32 heavy (non-hydrogen) atoms. The van der Waals surface area contributed by atoms with E-state index in [2.05, 4.69) is 41.4 Å². The molecule has 0 spiro atoms. The van der Waals surface area contributed by atoms with Gasteiger partial charge < -0.3 is 20.2 Å². The number of rotatable bonds is 5. The summed E-state index contributed by atoms with van der Waals surface area (Å²) < 4.78 is 5.56. The van der Waals surface area contributed by atoms with Gasteiger partial charge in [-0.05, 0) is 60.8 Å². The number of anilines is 1. The van der Waals surface area contributed by atoms with E-state index in [0.717, 1.165) is 24.0 Å². The molecule has 3 heterocycles. The van der Waals surface area contributed by atoms with Crippen LogP contribution in [0.5, 0.6) is 0 Å². The van der Waals surface area contributed by atoms with Gasteiger partial charge in [-0.3, -0.25) is 9.78 Å². The first kappa shape index (κ1) is 21.8. The third kappa shape index (κ3) is 4.59. The van der Waals surface area contributed by atoms with E-state index in [0.29, 0.717) is 34.8 Å². The molecule has 168 valence electrons. The van der Waals surface area contributed by atoms with E-state index in [1.807, 2.05) is 6.07 Å². The van der Waals surface area contributed by atoms with Crippen LogP contribution < -0.4 is 10.6 Å². The van der Waals surface area contributed by atoms with Crippen LogP contribution in [0, 0.1) is 5.92 Å². The Labute approximate surface area is 186 Å². The van der Waals surface area contributed by atoms with Crippen molar-refractivity contribution in [3.8, 4) is 0 Å². The fourth-order valence-corrected chi connectivity index (χ4v) is 4.67. The molecule has 1 fully saturated rings. The number of furan rings is 1. The molecule has 8 heteroatoms. The van der Waals surface area contributed by atoms with Crippen molar-refractivity contribution in [2.75, 3.05) is 5.32 Å². The number of aromatic nitrogens is 2. The van der Waals surface area contributed by atoms with Crippen molar-refractivity contribution in [2.45, 2.75) is 57.9 Å². The Hall–Kier alpha value is -3.42. The number of nitrogens with zero attached hydrogens (tertiary/aromatic N) is 2. The molecule has 3 atom stereocenters. The van der Waals surface area contributed by atoms with Crippen molar-refractivity contribution in [3.63, 3.8) is 0 Å². The van der Waals surface area contributed by atoms with Crippen LogP contribution in [0.15, 0.2) is 41.3 Å². The molecular formula is C24H28N4O4. The predicted octanol–water partition coefficient (Wildman–Crippen LogP) is 5.14. The second kappa shape index (κ2) is 8.98. The zero-order chi connectivity index (χ0) is 22.8. The van der Waals surface area contributed by atoms with Crippen molar-refractivity contribution < 1.29 is 19.1 Å². The Morgan fingerprint density at radius 3 is 2.75 bits per heavy atom. The largest absolute Gasteiger partial charge is 0.465 e. The van der Waals surface area contributed by atoms with Crippen molar-refractivity contribution in [1.29, 1.82) is 0 Å². The molecule has 0 aliphatic heterocycles. The monoisotopic (exact) mass is 436 g/mol. The number of hydrogen-bond donors (Lipinski definition) is 3. The number of fused-ring (bicyclic) bond motifs is 1. The highest BCUT2D eigenvalue weighted by Crippen LogP contribution is 2.39. The minimum absolute atomic E-state index is 0.113. The second-order valence-corrected chi connectivity index (χ2v) is 8.96. The van der Waals surface area contributed by atoms with E-state index in [9.17, 15) is 9.59 Å². The van der Waals surface area contributed by atoms with Crippen LogP contribution in [0.3, 0.4) is 0 Å². The summed E-state index contributed by atoms with van der Waals surface area (Å²) in [7, 11) is 0. The first-order valence-electron chi connectivity index (χ1n) is 10.9. The number of amides is 2. The number of nitrogens with one attached hydrogen (secondary N) is 2. The molecule has 1 aliphatic rings. The van der Waals surface area contributed by atoms with Crippen LogP contribution in [0.25, 0.3) is 11.1 Å². The maximum Gasteiger partial charge on any atom is 0.404 e. The predicted molar refractivity (Wildman–Crippen MR) is 121 cm³/mol. The van der Waals surface area contributed by atoms with E-state index >= 15 is 0 Å². The fraction of sp³-hybridized carbons (Fsp3) is 0.417. The van der Waals surface area contributed by atoms with Crippen molar-refractivity contribution in [1.82, 2.24) is 15.3 Å². The van der Waals surface area contributed by atoms with Gasteiger partial charge in [0.05, 0.1) is 18.1 Å². The van der Waals surface area contributed by atoms with Gasteiger partial charge in [0.1, 0.15) is 11.2 Å². The maximum absolute atomic E-state index is 13.0. The van der Waals surface area contributed by atoms with Gasteiger partial charge >= 0.3 is 6.09 Å². The summed E-state index contributed by atoms with van der Waals surface area (Å²) in [6.07, 6.45) is 6.43. The molecule has 3 N–H and O–H groups in total. The Morgan fingerprint density at radius 2 is 2.00 bits per heavy atom. The first-order valence-corrected chi connectivity index (χ1v) is 10.9. The van der Waals surface area contributed by atoms with E-state index in [1.54, 1.807) is 30.8 Å². The minimum Gasteiger partial charge on any atom is -0.465 e. The van der Waals surface area contributed by atoms with Gasteiger partial charge in [0.15, 0.2) is 5.58 Å². The molecule has 3 aromatic heterocycles. The fourth-order valence-electron chi connectivity index (χ4n) is 4.67. The lowest BCUT2D eigenvalue weighted by Crippen LogP contribution is -2.39. The summed E-state index contributed by atoms with van der Waals surface area (Å²) in [5.41, 5.74) is 4.21. The topological polar surface area (TPSA) is 117 Å². The molecule has 0 radical (unpaired) electrons. The molecule has 0 saturated heterocycles. The number of carbonyl (C=O) groups is 2. The molecule has 3 aromatic rings. The van der Waals surface area contributed by atoms with Crippen molar-refractivity contribution in [3.05, 3.63) is 53.7 Å². The molecule has 2 amide bonds. The molecule has 0 aromatic carbocycles. The van der Waals surface area contributed by atoms with Gasteiger partial charge in [0, 0.05) is 17.8 Å². The smallest absolute Gasteiger partial charge is 0.404 e. The Kier molecular flexibility index (Phi) is 6.12. The maximum atomic E-state index is 13.0. The molecule has 8 nitrogen and oxygen atoms in total. The highest BCUT2D eigenvalue weighted by atomic mass is 16.4. The summed E-state index contributed by atoms with van der Waals surface area (Å²) in [5.74, 6) is 0.390. The third-order valence-electron chi connectivity index (χ3n) is 6.11. The Morgan fingerprint density at radius 1 is 1.19 bits per heavy atom. The molecule has 0 bridgehead atoms. The van der Waals surface area contributed by atoms with E-state index in [-0.39, 0.29) is 23.8 Å². The average Bonchev–Trinajstić information content (AvgIpc) is 3.16. The average molecular weight is 437 g/mol. The van der Waals surface area contributed by atoms with Crippen molar-refractivity contribution in [2.24, 2.45) is 5.92 Å². The van der Waals surface area contributed by atoms with Gasteiger partial charge in [-0.2, -0.15) is 0 Å². The zero-order valence-corrected chi connectivity index (χ0v) is 18.5. The first-order chi connectivity index (χ1) is 15.3. The lowest BCUT2D eigenvalue weighted by molar-refractivity contribution is 0.102. The number of pyridine rings is 2. The molecule has 0 unspecified atom stereocenters. The molecular weight excluding hydrogens is 408 g/mol. The van der Waals surface area contributed by atoms with E-state index < -0.39 is 6.09 Å².